The summed E-state index contributed by atoms with van der Waals surface area (Å²) in [5.74, 6) is 0.504. The molecule has 6 heteroatoms. The number of nitrogens with zero attached hydrogens (tertiary/aromatic N) is 2. The Balaban J connectivity index is 2.28. The number of carbonyl (C=O) groups excluding carboxylic acids is 1. The number of anilines is 1. The maximum absolute atomic E-state index is 11.8. The number of alkyl halides is 1. The fourth-order valence-electron chi connectivity index (χ4n) is 1.72. The molecular weight excluding hydrogens is 359 g/mol. The quantitative estimate of drug-likeness (QED) is 0.593. The van der Waals surface area contributed by atoms with Gasteiger partial charge in [0, 0.05) is 18.3 Å². The van der Waals surface area contributed by atoms with E-state index in [-0.39, 0.29) is 5.91 Å². The summed E-state index contributed by atoms with van der Waals surface area (Å²) >= 11 is 12.5. The molecule has 16 heavy (non-hydrogen) atoms. The number of hydrogen-bond donors (Lipinski definition) is 0. The molecule has 1 unspecified atom stereocenters. The highest BCUT2D eigenvalue weighted by Gasteiger charge is 2.31. The second-order valence-corrected chi connectivity index (χ2v) is 5.46. The normalized spacial score (nSPS) is 20.6. The second-order valence-electron chi connectivity index (χ2n) is 3.67. The number of pyridine rings is 1. The zero-order valence-electron chi connectivity index (χ0n) is 8.29. The molecule has 1 fully saturated rings. The predicted molar refractivity (Wildman–Crippen MR) is 71.2 cm³/mol. The van der Waals surface area contributed by atoms with Crippen LogP contribution < -0.4 is 4.90 Å². The van der Waals surface area contributed by atoms with Crippen LogP contribution in [0.2, 0.25) is 5.15 Å². The zero-order valence-corrected chi connectivity index (χ0v) is 12.2. The minimum atomic E-state index is 0.134. The van der Waals surface area contributed by atoms with Crippen molar-refractivity contribution >= 4 is 55.1 Å². The van der Waals surface area contributed by atoms with Crippen LogP contribution in [0, 0.1) is 5.92 Å². The van der Waals surface area contributed by atoms with Crippen molar-refractivity contribution in [2.75, 3.05) is 16.8 Å². The van der Waals surface area contributed by atoms with E-state index in [4.69, 9.17) is 11.6 Å². The van der Waals surface area contributed by atoms with Crippen LogP contribution in [0.15, 0.2) is 16.7 Å². The molecule has 0 spiro atoms. The van der Waals surface area contributed by atoms with E-state index in [1.165, 1.54) is 0 Å². The van der Waals surface area contributed by atoms with Crippen molar-refractivity contribution in [2.24, 2.45) is 5.92 Å². The second kappa shape index (κ2) is 5.02. The molecule has 0 N–H and O–H groups in total. The molecule has 1 aliphatic heterocycles. The molecule has 86 valence electrons. The van der Waals surface area contributed by atoms with E-state index in [0.717, 1.165) is 17.6 Å². The molecule has 1 aliphatic rings. The highest BCUT2D eigenvalue weighted by atomic mass is 79.9. The third-order valence-corrected chi connectivity index (χ3v) is 4.22. The standard InChI is InChI=1S/C10H9Br2ClN2O/c11-4-6-3-9(16)15(5-6)7-1-2-8(13)14-10(7)12/h1-2,6H,3-5H2. The maximum atomic E-state index is 11.8. The zero-order chi connectivity index (χ0) is 11.7. The minimum Gasteiger partial charge on any atom is -0.310 e. The van der Waals surface area contributed by atoms with Gasteiger partial charge in [0.15, 0.2) is 0 Å². The molecule has 0 aromatic carbocycles. The van der Waals surface area contributed by atoms with Crippen LogP contribution in [0.3, 0.4) is 0 Å². The van der Waals surface area contributed by atoms with Crippen LogP contribution in [0.5, 0.6) is 0 Å². The summed E-state index contributed by atoms with van der Waals surface area (Å²) in [5, 5.41) is 1.26. The molecule has 2 heterocycles. The third kappa shape index (κ3) is 2.41. The molecule has 1 amide bonds. The number of rotatable bonds is 2. The van der Waals surface area contributed by atoms with Crippen LogP contribution in [-0.2, 0) is 4.79 Å². The summed E-state index contributed by atoms with van der Waals surface area (Å²) in [6, 6.07) is 3.50. The Hall–Kier alpha value is -0.130. The van der Waals surface area contributed by atoms with Crippen molar-refractivity contribution in [3.63, 3.8) is 0 Å². The van der Waals surface area contributed by atoms with E-state index < -0.39 is 0 Å². The van der Waals surface area contributed by atoms with Gasteiger partial charge in [0.25, 0.3) is 0 Å². The molecule has 2 rings (SSSR count). The highest BCUT2D eigenvalue weighted by molar-refractivity contribution is 9.10. The van der Waals surface area contributed by atoms with Crippen LogP contribution in [0.25, 0.3) is 0 Å². The first-order valence-electron chi connectivity index (χ1n) is 4.80. The van der Waals surface area contributed by atoms with E-state index in [1.54, 1.807) is 11.0 Å². The van der Waals surface area contributed by atoms with Gasteiger partial charge < -0.3 is 4.90 Å². The summed E-state index contributed by atoms with van der Waals surface area (Å²) in [7, 11) is 0. The molecular formula is C10H9Br2ClN2O. The topological polar surface area (TPSA) is 33.2 Å². The summed E-state index contributed by atoms with van der Waals surface area (Å²) in [6.45, 7) is 0.728. The minimum absolute atomic E-state index is 0.134. The van der Waals surface area contributed by atoms with Crippen molar-refractivity contribution in [2.45, 2.75) is 6.42 Å². The van der Waals surface area contributed by atoms with Crippen LogP contribution >= 0.6 is 43.5 Å². The molecule has 0 saturated carbocycles. The molecule has 1 aromatic rings. The summed E-state index contributed by atoms with van der Waals surface area (Å²) in [6.07, 6.45) is 0.584. The van der Waals surface area contributed by atoms with Crippen LogP contribution in [0.1, 0.15) is 6.42 Å². The Kier molecular flexibility index (Phi) is 3.87. The van der Waals surface area contributed by atoms with Crippen molar-refractivity contribution in [3.05, 3.63) is 21.9 Å². The fourth-order valence-corrected chi connectivity index (χ4v) is 2.94. The van der Waals surface area contributed by atoms with E-state index >= 15 is 0 Å². The van der Waals surface area contributed by atoms with E-state index in [2.05, 4.69) is 36.8 Å². The number of amides is 1. The largest absolute Gasteiger partial charge is 0.310 e. The Bertz CT molecular complexity index is 427. The Labute approximate surface area is 115 Å². The first kappa shape index (κ1) is 12.3. The smallest absolute Gasteiger partial charge is 0.227 e. The van der Waals surface area contributed by atoms with Gasteiger partial charge >= 0.3 is 0 Å². The van der Waals surface area contributed by atoms with Gasteiger partial charge in [0.05, 0.1) is 5.69 Å². The summed E-state index contributed by atoms with van der Waals surface area (Å²) in [4.78, 5) is 17.6. The van der Waals surface area contributed by atoms with Crippen LogP contribution in [-0.4, -0.2) is 22.8 Å². The average molecular weight is 368 g/mol. The Morgan fingerprint density at radius 3 is 2.88 bits per heavy atom. The number of carbonyl (C=O) groups is 1. The highest BCUT2D eigenvalue weighted by Crippen LogP contribution is 2.31. The van der Waals surface area contributed by atoms with Crippen molar-refractivity contribution in [1.29, 1.82) is 0 Å². The molecule has 0 radical (unpaired) electrons. The summed E-state index contributed by atoms with van der Waals surface area (Å²) < 4.78 is 0.614. The van der Waals surface area contributed by atoms with Gasteiger partial charge in [-0.25, -0.2) is 4.98 Å². The van der Waals surface area contributed by atoms with Crippen LogP contribution in [0.4, 0.5) is 5.69 Å². The van der Waals surface area contributed by atoms with Gasteiger partial charge in [-0.3, -0.25) is 4.79 Å². The van der Waals surface area contributed by atoms with E-state index in [9.17, 15) is 4.79 Å². The van der Waals surface area contributed by atoms with Gasteiger partial charge in [-0.1, -0.05) is 27.5 Å². The monoisotopic (exact) mass is 366 g/mol. The van der Waals surface area contributed by atoms with Gasteiger partial charge in [-0.05, 0) is 34.0 Å². The van der Waals surface area contributed by atoms with Crippen molar-refractivity contribution < 1.29 is 4.79 Å². The first-order valence-corrected chi connectivity index (χ1v) is 7.09. The molecule has 1 aromatic heterocycles. The molecule has 0 bridgehead atoms. The lowest BCUT2D eigenvalue weighted by Gasteiger charge is -2.17. The predicted octanol–water partition coefficient (Wildman–Crippen LogP) is 3.25. The van der Waals surface area contributed by atoms with Gasteiger partial charge in [-0.15, -0.1) is 0 Å². The number of aromatic nitrogens is 1. The number of hydrogen-bond acceptors (Lipinski definition) is 2. The number of halogens is 3. The molecule has 1 saturated heterocycles. The lowest BCUT2D eigenvalue weighted by atomic mass is 10.2. The average Bonchev–Trinajstić information content (AvgIpc) is 2.60. The van der Waals surface area contributed by atoms with Gasteiger partial charge in [-0.2, -0.15) is 0 Å². The van der Waals surface area contributed by atoms with E-state index in [0.29, 0.717) is 22.1 Å². The van der Waals surface area contributed by atoms with Crippen molar-refractivity contribution in [1.82, 2.24) is 4.98 Å². The third-order valence-electron chi connectivity index (χ3n) is 2.51. The molecule has 1 atom stereocenters. The Morgan fingerprint density at radius 2 is 2.31 bits per heavy atom. The molecule has 3 nitrogen and oxygen atoms in total. The van der Waals surface area contributed by atoms with E-state index in [1.807, 2.05) is 6.07 Å². The summed E-state index contributed by atoms with van der Waals surface area (Å²) in [5.41, 5.74) is 0.790. The maximum Gasteiger partial charge on any atom is 0.227 e. The lowest BCUT2D eigenvalue weighted by Crippen LogP contribution is -2.25. The Morgan fingerprint density at radius 1 is 1.56 bits per heavy atom. The van der Waals surface area contributed by atoms with Gasteiger partial charge in [0.1, 0.15) is 9.76 Å². The van der Waals surface area contributed by atoms with Crippen molar-refractivity contribution in [3.8, 4) is 0 Å². The first-order chi connectivity index (χ1) is 7.61. The lowest BCUT2D eigenvalue weighted by molar-refractivity contribution is -0.117. The fraction of sp³-hybridized carbons (Fsp3) is 0.400. The van der Waals surface area contributed by atoms with Gasteiger partial charge in [0.2, 0.25) is 5.91 Å². The SMILES string of the molecule is O=C1CC(CBr)CN1c1ccc(Cl)nc1Br. The molecule has 0 aliphatic carbocycles.